The van der Waals surface area contributed by atoms with Crippen LogP contribution < -0.4 is 0 Å². The van der Waals surface area contributed by atoms with Gasteiger partial charge in [0.1, 0.15) is 0 Å². The van der Waals surface area contributed by atoms with Gasteiger partial charge < -0.3 is 4.74 Å². The van der Waals surface area contributed by atoms with Crippen LogP contribution >= 0.6 is 0 Å². The number of carbonyl (C=O) groups is 1. The summed E-state index contributed by atoms with van der Waals surface area (Å²) in [6.45, 7) is 1.33. The van der Waals surface area contributed by atoms with Gasteiger partial charge >= 0.3 is 6.18 Å². The largest absolute Gasteiger partial charge is 0.446 e. The number of pyridine rings is 1. The monoisotopic (exact) mass is 461 g/mol. The molecule has 2 heterocycles. The van der Waals surface area contributed by atoms with Crippen molar-refractivity contribution in [3.63, 3.8) is 0 Å². The average Bonchev–Trinajstić information content (AvgIpc) is 3.29. The second-order valence-corrected chi connectivity index (χ2v) is 7.80. The third kappa shape index (κ3) is 3.98. The molecule has 5 rings (SSSR count). The van der Waals surface area contributed by atoms with Crippen molar-refractivity contribution in [3.8, 4) is 11.3 Å². The Kier molecular flexibility index (Phi) is 5.28. The van der Waals surface area contributed by atoms with Crippen molar-refractivity contribution < 1.29 is 22.7 Å². The van der Waals surface area contributed by atoms with Gasteiger partial charge in [0.25, 0.3) is 0 Å². The summed E-state index contributed by atoms with van der Waals surface area (Å²) in [7, 11) is 0. The molecule has 170 valence electrons. The molecule has 0 spiro atoms. The van der Waals surface area contributed by atoms with Crippen LogP contribution in [0.25, 0.3) is 22.2 Å². The van der Waals surface area contributed by atoms with Gasteiger partial charge in [0.05, 0.1) is 16.8 Å². The van der Waals surface area contributed by atoms with E-state index in [4.69, 9.17) is 9.72 Å². The number of amides is 1. The standard InChI is InChI=1S/C26H18F3N3O2/c1-16(33)32-25(18-11-13-19(14-12-18)26(27,28)29)34-24(31-32)21-15-23(17-7-3-2-4-8-17)30-22-10-6-5-9-20(21)22/h2-15,25H,1H3/t25-/m1/s1. The normalized spacial score (nSPS) is 15.8. The molecule has 34 heavy (non-hydrogen) atoms. The molecular weight excluding hydrogens is 443 g/mol. The minimum Gasteiger partial charge on any atom is -0.446 e. The molecule has 0 saturated carbocycles. The van der Waals surface area contributed by atoms with Crippen molar-refractivity contribution in [2.75, 3.05) is 0 Å². The van der Waals surface area contributed by atoms with Gasteiger partial charge in [-0.25, -0.2) is 4.98 Å². The van der Waals surface area contributed by atoms with Gasteiger partial charge in [0, 0.05) is 29.0 Å². The minimum atomic E-state index is -4.46. The Hall–Kier alpha value is -4.20. The molecule has 0 bridgehead atoms. The molecule has 1 amide bonds. The fourth-order valence-corrected chi connectivity index (χ4v) is 3.84. The highest BCUT2D eigenvalue weighted by molar-refractivity contribution is 6.08. The summed E-state index contributed by atoms with van der Waals surface area (Å²) in [6.07, 6.45) is -5.44. The maximum Gasteiger partial charge on any atom is 0.416 e. The van der Waals surface area contributed by atoms with E-state index in [1.807, 2.05) is 60.7 Å². The van der Waals surface area contributed by atoms with E-state index in [2.05, 4.69) is 5.10 Å². The van der Waals surface area contributed by atoms with Crippen LogP contribution in [0.3, 0.4) is 0 Å². The summed E-state index contributed by atoms with van der Waals surface area (Å²) >= 11 is 0. The van der Waals surface area contributed by atoms with E-state index in [1.165, 1.54) is 19.1 Å². The quantitative estimate of drug-likeness (QED) is 0.367. The molecule has 0 saturated heterocycles. The zero-order chi connectivity index (χ0) is 23.9. The molecule has 3 aromatic carbocycles. The number of para-hydroxylation sites is 1. The highest BCUT2D eigenvalue weighted by Crippen LogP contribution is 2.35. The Labute approximate surface area is 193 Å². The molecule has 1 aliphatic heterocycles. The zero-order valence-electron chi connectivity index (χ0n) is 18.0. The minimum absolute atomic E-state index is 0.191. The second kappa shape index (κ2) is 8.30. The molecule has 1 aliphatic rings. The number of hydrazone groups is 1. The lowest BCUT2D eigenvalue weighted by molar-refractivity contribution is -0.138. The molecule has 0 fully saturated rings. The predicted molar refractivity (Wildman–Crippen MR) is 122 cm³/mol. The van der Waals surface area contributed by atoms with Crippen molar-refractivity contribution in [1.29, 1.82) is 0 Å². The first-order valence-electron chi connectivity index (χ1n) is 10.5. The molecule has 0 unspecified atom stereocenters. The summed E-state index contributed by atoms with van der Waals surface area (Å²) in [6, 6.07) is 23.4. The van der Waals surface area contributed by atoms with E-state index in [0.717, 1.165) is 33.6 Å². The van der Waals surface area contributed by atoms with E-state index in [0.29, 0.717) is 16.8 Å². The Morgan fingerprint density at radius 3 is 2.29 bits per heavy atom. The van der Waals surface area contributed by atoms with Crippen molar-refractivity contribution in [2.45, 2.75) is 19.3 Å². The molecule has 0 N–H and O–H groups in total. The van der Waals surface area contributed by atoms with Crippen molar-refractivity contribution in [3.05, 3.63) is 102 Å². The summed E-state index contributed by atoms with van der Waals surface area (Å²) < 4.78 is 45.0. The fraction of sp³-hybridized carbons (Fsp3) is 0.115. The Morgan fingerprint density at radius 1 is 0.941 bits per heavy atom. The number of hydrogen-bond donors (Lipinski definition) is 0. The van der Waals surface area contributed by atoms with Crippen LogP contribution in [0.5, 0.6) is 0 Å². The first-order valence-corrected chi connectivity index (χ1v) is 10.5. The Morgan fingerprint density at radius 2 is 1.62 bits per heavy atom. The van der Waals surface area contributed by atoms with Crippen LogP contribution in [0.1, 0.15) is 29.8 Å². The number of nitrogens with zero attached hydrogens (tertiary/aromatic N) is 3. The zero-order valence-corrected chi connectivity index (χ0v) is 18.0. The second-order valence-electron chi connectivity index (χ2n) is 7.80. The van der Waals surface area contributed by atoms with Gasteiger partial charge in [-0.2, -0.15) is 18.2 Å². The lowest BCUT2D eigenvalue weighted by Gasteiger charge is -2.20. The van der Waals surface area contributed by atoms with Crippen LogP contribution in [0.15, 0.2) is 90.0 Å². The average molecular weight is 461 g/mol. The van der Waals surface area contributed by atoms with Gasteiger partial charge in [-0.3, -0.25) is 4.79 Å². The van der Waals surface area contributed by atoms with E-state index >= 15 is 0 Å². The number of fused-ring (bicyclic) bond motifs is 1. The Balaban J connectivity index is 1.58. The van der Waals surface area contributed by atoms with Crippen LogP contribution in [-0.4, -0.2) is 21.8 Å². The number of aromatic nitrogens is 1. The number of halogens is 3. The van der Waals surface area contributed by atoms with Crippen LogP contribution in [0.2, 0.25) is 0 Å². The van der Waals surface area contributed by atoms with E-state index < -0.39 is 23.9 Å². The maximum absolute atomic E-state index is 13.0. The molecule has 4 aromatic rings. The first-order chi connectivity index (χ1) is 16.3. The van der Waals surface area contributed by atoms with Gasteiger partial charge in [-0.05, 0) is 24.3 Å². The SMILES string of the molecule is CC(=O)N1N=C(c2cc(-c3ccccc3)nc3ccccc23)O[C@@H]1c1ccc(C(F)(F)F)cc1. The predicted octanol–water partition coefficient (Wildman–Crippen LogP) is 6.16. The van der Waals surface area contributed by atoms with Gasteiger partial charge in [0.15, 0.2) is 0 Å². The maximum atomic E-state index is 13.0. The number of carbonyl (C=O) groups excluding carboxylic acids is 1. The summed E-state index contributed by atoms with van der Waals surface area (Å²) in [5.41, 5.74) is 2.55. The molecule has 0 aliphatic carbocycles. The number of rotatable bonds is 3. The van der Waals surface area contributed by atoms with Crippen molar-refractivity contribution >= 4 is 22.7 Å². The lowest BCUT2D eigenvalue weighted by Crippen LogP contribution is -2.25. The first kappa shape index (κ1) is 21.6. The van der Waals surface area contributed by atoms with E-state index in [9.17, 15) is 18.0 Å². The summed E-state index contributed by atoms with van der Waals surface area (Å²) in [5.74, 6) is -0.211. The van der Waals surface area contributed by atoms with Crippen molar-refractivity contribution in [1.82, 2.24) is 9.99 Å². The summed E-state index contributed by atoms with van der Waals surface area (Å²) in [4.78, 5) is 17.1. The fourth-order valence-electron chi connectivity index (χ4n) is 3.84. The molecule has 1 aromatic heterocycles. The van der Waals surface area contributed by atoms with Gasteiger partial charge in [0.2, 0.25) is 18.0 Å². The molecular formula is C26H18F3N3O2. The topological polar surface area (TPSA) is 54.8 Å². The molecule has 1 atom stereocenters. The number of ether oxygens (including phenoxy) is 1. The molecule has 0 radical (unpaired) electrons. The third-order valence-electron chi connectivity index (χ3n) is 5.51. The summed E-state index contributed by atoms with van der Waals surface area (Å²) in [5, 5.41) is 6.31. The van der Waals surface area contributed by atoms with Crippen molar-refractivity contribution in [2.24, 2.45) is 5.10 Å². The van der Waals surface area contributed by atoms with Gasteiger partial charge in [-0.1, -0.05) is 60.7 Å². The Bertz CT molecular complexity index is 1400. The van der Waals surface area contributed by atoms with E-state index in [1.54, 1.807) is 0 Å². The lowest BCUT2D eigenvalue weighted by atomic mass is 10.0. The van der Waals surface area contributed by atoms with Crippen LogP contribution in [0, 0.1) is 0 Å². The van der Waals surface area contributed by atoms with E-state index in [-0.39, 0.29) is 5.90 Å². The molecule has 5 nitrogen and oxygen atoms in total. The van der Waals surface area contributed by atoms with Gasteiger partial charge in [-0.15, -0.1) is 5.10 Å². The van der Waals surface area contributed by atoms with Crippen LogP contribution in [-0.2, 0) is 15.7 Å². The molecule has 8 heteroatoms. The highest BCUT2D eigenvalue weighted by Gasteiger charge is 2.35. The number of hydrogen-bond acceptors (Lipinski definition) is 4. The highest BCUT2D eigenvalue weighted by atomic mass is 19.4. The smallest absolute Gasteiger partial charge is 0.416 e. The third-order valence-corrected chi connectivity index (χ3v) is 5.51. The van der Waals surface area contributed by atoms with Crippen LogP contribution in [0.4, 0.5) is 13.2 Å². The number of benzene rings is 3. The number of alkyl halides is 3.